The predicted octanol–water partition coefficient (Wildman–Crippen LogP) is 6.34. The van der Waals surface area contributed by atoms with Crippen LogP contribution in [0, 0.1) is 20.8 Å². The second kappa shape index (κ2) is 9.51. The van der Waals surface area contributed by atoms with Crippen LogP contribution in [0.3, 0.4) is 0 Å². The summed E-state index contributed by atoms with van der Waals surface area (Å²) in [6.45, 7) is 6.56. The number of carbonyl (C=O) groups is 1. The first-order chi connectivity index (χ1) is 15.8. The summed E-state index contributed by atoms with van der Waals surface area (Å²) < 4.78 is 0. The van der Waals surface area contributed by atoms with Gasteiger partial charge in [-0.15, -0.1) is 0 Å². The van der Waals surface area contributed by atoms with E-state index in [9.17, 15) is 9.59 Å². The highest BCUT2D eigenvalue weighted by Crippen LogP contribution is 2.21. The zero-order chi connectivity index (χ0) is 23.5. The van der Waals surface area contributed by atoms with E-state index in [1.165, 1.54) is 0 Å². The van der Waals surface area contributed by atoms with Crippen LogP contribution in [0.4, 0.5) is 10.5 Å². The number of hydrogen-bond acceptors (Lipinski definition) is 2. The van der Waals surface area contributed by atoms with Gasteiger partial charge in [0.2, 0.25) is 0 Å². The lowest BCUT2D eigenvalue weighted by Crippen LogP contribution is -2.35. The molecule has 0 atom stereocenters. The summed E-state index contributed by atoms with van der Waals surface area (Å²) in [5, 5.41) is 4.38. The maximum atomic E-state index is 13.2. The van der Waals surface area contributed by atoms with E-state index in [1.807, 2.05) is 63.2 Å². The number of aromatic nitrogens is 1. The molecule has 2 amide bonds. The van der Waals surface area contributed by atoms with E-state index in [2.05, 4.69) is 10.3 Å². The molecule has 0 aliphatic rings. The van der Waals surface area contributed by atoms with Crippen LogP contribution < -0.4 is 10.9 Å². The Kier molecular flexibility index (Phi) is 6.52. The van der Waals surface area contributed by atoms with Crippen LogP contribution in [0.1, 0.15) is 27.8 Å². The molecule has 5 nitrogen and oxygen atoms in total. The molecule has 1 aromatic heterocycles. The van der Waals surface area contributed by atoms with E-state index >= 15 is 0 Å². The normalized spacial score (nSPS) is 10.9. The number of hydrogen-bond donors (Lipinski definition) is 2. The van der Waals surface area contributed by atoms with Crippen molar-refractivity contribution in [3.8, 4) is 0 Å². The van der Waals surface area contributed by atoms with E-state index in [1.54, 1.807) is 29.2 Å². The summed E-state index contributed by atoms with van der Waals surface area (Å²) >= 11 is 6.07. The second-order valence-electron chi connectivity index (χ2n) is 8.38. The average Bonchev–Trinajstić information content (AvgIpc) is 2.78. The fourth-order valence-electron chi connectivity index (χ4n) is 3.78. The summed E-state index contributed by atoms with van der Waals surface area (Å²) in [5.41, 5.74) is 6.05. The van der Waals surface area contributed by atoms with E-state index in [0.717, 1.165) is 33.2 Å². The Morgan fingerprint density at radius 1 is 0.970 bits per heavy atom. The highest BCUT2D eigenvalue weighted by Gasteiger charge is 2.18. The molecule has 168 valence electrons. The van der Waals surface area contributed by atoms with Crippen LogP contribution in [0.2, 0.25) is 5.02 Å². The molecule has 0 bridgehead atoms. The van der Waals surface area contributed by atoms with Crippen molar-refractivity contribution in [2.45, 2.75) is 33.9 Å². The Bertz CT molecular complexity index is 1380. The third kappa shape index (κ3) is 5.26. The number of aryl methyl sites for hydroxylation is 3. The number of benzene rings is 3. The number of amides is 2. The van der Waals surface area contributed by atoms with Crippen LogP contribution >= 0.6 is 11.6 Å². The highest BCUT2D eigenvalue weighted by atomic mass is 35.5. The quantitative estimate of drug-likeness (QED) is 0.365. The minimum Gasteiger partial charge on any atom is -0.321 e. The molecule has 1 heterocycles. The summed E-state index contributed by atoms with van der Waals surface area (Å²) in [4.78, 5) is 30.8. The maximum Gasteiger partial charge on any atom is 0.322 e. The van der Waals surface area contributed by atoms with E-state index < -0.39 is 0 Å². The summed E-state index contributed by atoms with van der Waals surface area (Å²) in [7, 11) is 0. The fraction of sp³-hybridized carbons (Fsp3) is 0.185. The highest BCUT2D eigenvalue weighted by molar-refractivity contribution is 6.30. The van der Waals surface area contributed by atoms with Gasteiger partial charge in [-0.1, -0.05) is 59.6 Å². The minimum atomic E-state index is -0.308. The summed E-state index contributed by atoms with van der Waals surface area (Å²) in [6, 6.07) is 20.6. The average molecular weight is 460 g/mol. The zero-order valence-corrected chi connectivity index (χ0v) is 19.7. The molecular formula is C27H26ClN3O2. The van der Waals surface area contributed by atoms with Crippen molar-refractivity contribution in [2.75, 3.05) is 5.32 Å². The Balaban J connectivity index is 1.67. The van der Waals surface area contributed by atoms with Gasteiger partial charge in [0.25, 0.3) is 5.56 Å². The van der Waals surface area contributed by atoms with Gasteiger partial charge in [0.05, 0.1) is 12.1 Å². The standard InChI is InChI=1S/C27H26ClN3O2/c1-17-7-10-20(11-8-17)15-31(27(33)29-24-6-4-5-23(28)14-24)16-22-13-21-12-9-18(2)19(3)25(21)30-26(22)32/h4-14H,15-16H2,1-3H3,(H,29,33)(H,30,32). The van der Waals surface area contributed by atoms with Crippen LogP contribution in [-0.2, 0) is 13.1 Å². The Morgan fingerprint density at radius 3 is 2.45 bits per heavy atom. The molecule has 0 saturated carbocycles. The van der Waals surface area contributed by atoms with E-state index in [0.29, 0.717) is 22.8 Å². The number of fused-ring (bicyclic) bond motifs is 1. The number of carbonyl (C=O) groups excluding carboxylic acids is 1. The van der Waals surface area contributed by atoms with Crippen molar-refractivity contribution in [1.82, 2.24) is 9.88 Å². The van der Waals surface area contributed by atoms with E-state index in [4.69, 9.17) is 11.6 Å². The molecule has 0 aliphatic carbocycles. The Labute approximate surface area is 198 Å². The van der Waals surface area contributed by atoms with Gasteiger partial charge in [-0.3, -0.25) is 4.79 Å². The number of nitrogens with one attached hydrogen (secondary N) is 2. The number of H-pyrrole nitrogens is 1. The predicted molar refractivity (Wildman–Crippen MR) is 135 cm³/mol. The molecule has 0 unspecified atom stereocenters. The van der Waals surface area contributed by atoms with Gasteiger partial charge in [0.1, 0.15) is 0 Å². The fourth-order valence-corrected chi connectivity index (χ4v) is 3.97. The molecule has 3 aromatic carbocycles. The first-order valence-corrected chi connectivity index (χ1v) is 11.2. The lowest BCUT2D eigenvalue weighted by Gasteiger charge is -2.23. The Hall–Kier alpha value is -3.57. The van der Waals surface area contributed by atoms with Gasteiger partial charge in [-0.25, -0.2) is 4.79 Å². The second-order valence-corrected chi connectivity index (χ2v) is 8.81. The molecule has 0 radical (unpaired) electrons. The smallest absolute Gasteiger partial charge is 0.321 e. The van der Waals surface area contributed by atoms with Crippen LogP contribution in [0.25, 0.3) is 10.9 Å². The number of pyridine rings is 1. The first-order valence-electron chi connectivity index (χ1n) is 10.8. The van der Waals surface area contributed by atoms with Crippen molar-refractivity contribution >= 4 is 34.2 Å². The van der Waals surface area contributed by atoms with Crippen LogP contribution in [0.5, 0.6) is 0 Å². The monoisotopic (exact) mass is 459 g/mol. The Morgan fingerprint density at radius 2 is 1.73 bits per heavy atom. The van der Waals surface area contributed by atoms with Crippen molar-refractivity contribution in [1.29, 1.82) is 0 Å². The first kappa shape index (κ1) is 22.6. The molecule has 0 aliphatic heterocycles. The summed E-state index contributed by atoms with van der Waals surface area (Å²) in [5.74, 6) is 0. The number of anilines is 1. The lowest BCUT2D eigenvalue weighted by molar-refractivity contribution is 0.206. The van der Waals surface area contributed by atoms with E-state index in [-0.39, 0.29) is 18.1 Å². The van der Waals surface area contributed by atoms with Crippen LogP contribution in [0.15, 0.2) is 71.5 Å². The number of rotatable bonds is 5. The van der Waals surface area contributed by atoms with Gasteiger partial charge < -0.3 is 15.2 Å². The minimum absolute atomic E-state index is 0.165. The van der Waals surface area contributed by atoms with Crippen molar-refractivity contribution in [3.05, 3.63) is 110 Å². The SMILES string of the molecule is Cc1ccc(CN(Cc2cc3ccc(C)c(C)c3[nH]c2=O)C(=O)Nc2cccc(Cl)c2)cc1. The molecule has 2 N–H and O–H groups in total. The van der Waals surface area contributed by atoms with Gasteiger partial charge in [-0.05, 0) is 67.1 Å². The molecule has 33 heavy (non-hydrogen) atoms. The van der Waals surface area contributed by atoms with Gasteiger partial charge >= 0.3 is 6.03 Å². The number of aromatic amines is 1. The maximum absolute atomic E-state index is 13.2. The summed E-state index contributed by atoms with van der Waals surface area (Å²) in [6.07, 6.45) is 0. The molecule has 0 fully saturated rings. The van der Waals surface area contributed by atoms with Gasteiger partial charge in [0, 0.05) is 22.8 Å². The molecule has 0 saturated heterocycles. The third-order valence-corrected chi connectivity index (χ3v) is 6.08. The third-order valence-electron chi connectivity index (χ3n) is 5.85. The number of urea groups is 1. The molecular weight excluding hydrogens is 434 g/mol. The number of nitrogens with zero attached hydrogens (tertiary/aromatic N) is 1. The topological polar surface area (TPSA) is 65.2 Å². The molecule has 6 heteroatoms. The zero-order valence-electron chi connectivity index (χ0n) is 18.9. The molecule has 4 rings (SSSR count). The largest absolute Gasteiger partial charge is 0.322 e. The van der Waals surface area contributed by atoms with Gasteiger partial charge in [-0.2, -0.15) is 0 Å². The van der Waals surface area contributed by atoms with Crippen LogP contribution in [-0.4, -0.2) is 15.9 Å². The van der Waals surface area contributed by atoms with Gasteiger partial charge in [0.15, 0.2) is 0 Å². The molecule has 4 aromatic rings. The van der Waals surface area contributed by atoms with Crippen molar-refractivity contribution < 1.29 is 4.79 Å². The lowest BCUT2D eigenvalue weighted by atomic mass is 10.0. The van der Waals surface area contributed by atoms with Crippen molar-refractivity contribution in [3.63, 3.8) is 0 Å². The number of halogens is 1. The van der Waals surface area contributed by atoms with Crippen molar-refractivity contribution in [2.24, 2.45) is 0 Å². The molecule has 0 spiro atoms.